The molecule has 0 amide bonds. The first-order chi connectivity index (χ1) is 26.5. The lowest BCUT2D eigenvalue weighted by Gasteiger charge is -2.20. The molecule has 4 atom stereocenters. The second kappa shape index (κ2) is 36.3. The number of carboxylic acids is 1. The van der Waals surface area contributed by atoms with Crippen LogP contribution in [-0.4, -0.2) is 71.1 Å². The Balaban J connectivity index is 4.61. The molecule has 0 radical (unpaired) electrons. The van der Waals surface area contributed by atoms with Gasteiger partial charge in [0.1, 0.15) is 12.6 Å². The van der Waals surface area contributed by atoms with Gasteiger partial charge in [0, 0.05) is 12.8 Å². The molecule has 312 valence electrons. The first-order valence-corrected chi connectivity index (χ1v) is 21.2. The van der Waals surface area contributed by atoms with Crippen molar-refractivity contribution < 1.29 is 52.6 Å². The number of hydrogen-bond acceptors (Lipinski definition) is 10. The normalized spacial score (nSPS) is 15.3. The van der Waals surface area contributed by atoms with Crippen molar-refractivity contribution in [1.82, 2.24) is 0 Å². The summed E-state index contributed by atoms with van der Waals surface area (Å²) in [5, 5.41) is 18.7. The van der Waals surface area contributed by atoms with Crippen LogP contribution in [0.15, 0.2) is 85.1 Å². The van der Waals surface area contributed by atoms with E-state index in [1.165, 1.54) is 12.8 Å². The minimum absolute atomic E-state index is 0.0141. The fraction of sp³-hybridized carbons (Fsp3) is 0.595. The van der Waals surface area contributed by atoms with Crippen LogP contribution in [0.25, 0.3) is 0 Å². The summed E-state index contributed by atoms with van der Waals surface area (Å²) in [7, 11) is -4.75. The highest BCUT2D eigenvalue weighted by Crippen LogP contribution is 2.43. The average Bonchev–Trinajstić information content (AvgIpc) is 3.15. The summed E-state index contributed by atoms with van der Waals surface area (Å²) in [4.78, 5) is 45.7. The lowest BCUT2D eigenvalue weighted by atomic mass is 10.1. The first-order valence-electron chi connectivity index (χ1n) is 19.7. The third-order valence-corrected chi connectivity index (χ3v) is 8.67. The highest BCUT2D eigenvalue weighted by Gasteiger charge is 2.28. The number of rotatable bonds is 35. The maximum absolute atomic E-state index is 12.5. The van der Waals surface area contributed by atoms with Crippen molar-refractivity contribution in [2.45, 2.75) is 141 Å². The molecular weight excluding hydrogens is 725 g/mol. The Bertz CT molecular complexity index is 1270. The van der Waals surface area contributed by atoms with Crippen molar-refractivity contribution in [3.05, 3.63) is 85.1 Å². The Hall–Kier alpha value is -3.38. The molecule has 0 aliphatic rings. The van der Waals surface area contributed by atoms with E-state index in [0.717, 1.165) is 57.8 Å². The topological polar surface area (TPSA) is 192 Å². The van der Waals surface area contributed by atoms with Crippen LogP contribution < -0.4 is 5.73 Å². The smallest absolute Gasteiger partial charge is 0.472 e. The van der Waals surface area contributed by atoms with Crippen molar-refractivity contribution in [3.63, 3.8) is 0 Å². The zero-order valence-electron chi connectivity index (χ0n) is 33.1. The van der Waals surface area contributed by atoms with Gasteiger partial charge >= 0.3 is 25.7 Å². The van der Waals surface area contributed by atoms with Crippen molar-refractivity contribution in [2.75, 3.05) is 19.8 Å². The number of aliphatic carboxylic acids is 1. The molecule has 0 aromatic heterocycles. The third-order valence-electron chi connectivity index (χ3n) is 7.72. The van der Waals surface area contributed by atoms with Crippen LogP contribution in [0.5, 0.6) is 0 Å². The van der Waals surface area contributed by atoms with Crippen LogP contribution in [0.1, 0.15) is 123 Å². The Labute approximate surface area is 329 Å². The summed E-state index contributed by atoms with van der Waals surface area (Å²) < 4.78 is 32.4. The molecule has 0 heterocycles. The average molecular weight is 794 g/mol. The lowest BCUT2D eigenvalue weighted by molar-refractivity contribution is -0.161. The highest BCUT2D eigenvalue weighted by atomic mass is 31.2. The fourth-order valence-corrected chi connectivity index (χ4v) is 5.34. The number of allylic oxidation sites excluding steroid dienone is 12. The zero-order chi connectivity index (χ0) is 40.8. The summed E-state index contributed by atoms with van der Waals surface area (Å²) in [5.74, 6) is -2.54. The minimum atomic E-state index is -4.75. The minimum Gasteiger partial charge on any atom is -0.480 e. The molecule has 0 rings (SSSR count). The van der Waals surface area contributed by atoms with E-state index in [9.17, 15) is 28.9 Å². The molecule has 0 aromatic rings. The Morgan fingerprint density at radius 2 is 1.27 bits per heavy atom. The lowest BCUT2D eigenvalue weighted by Crippen LogP contribution is -2.34. The van der Waals surface area contributed by atoms with Gasteiger partial charge in [0.05, 0.1) is 19.3 Å². The standard InChI is InChI=1S/C42H68NO11P/c1-3-5-7-8-9-10-14-18-21-24-28-32-40(45)51-34-38(35-52-55(49,50)53-36-39(43)42(47)48)54-41(46)33-29-25-22-19-16-13-11-12-15-17-20-23-27-31-37(44)30-26-6-4-2/h6,8-9,12-13,15-16,20,22-23,25-27,31,37-39,44H,3-5,7,10-11,14,17-19,21,24,28-30,32-36,43H2,1-2H3,(H,47,48)(H,49,50)/b9-8-,15-12-,16-13-,23-20+,25-22-,26-6-,31-27+/t37?,38-,39+/m1/s1. The van der Waals surface area contributed by atoms with Gasteiger partial charge in [-0.2, -0.15) is 0 Å². The molecule has 0 aliphatic carbocycles. The Morgan fingerprint density at radius 3 is 1.95 bits per heavy atom. The molecular formula is C42H68NO11P. The van der Waals surface area contributed by atoms with Crippen molar-refractivity contribution in [3.8, 4) is 0 Å². The predicted molar refractivity (Wildman–Crippen MR) is 218 cm³/mol. The maximum Gasteiger partial charge on any atom is 0.472 e. The molecule has 2 unspecified atom stereocenters. The zero-order valence-corrected chi connectivity index (χ0v) is 34.0. The van der Waals surface area contributed by atoms with Crippen molar-refractivity contribution >= 4 is 25.7 Å². The molecule has 55 heavy (non-hydrogen) atoms. The number of ether oxygens (including phenoxy) is 2. The van der Waals surface area contributed by atoms with Gasteiger partial charge in [0.2, 0.25) is 0 Å². The van der Waals surface area contributed by atoms with Gasteiger partial charge in [-0.3, -0.25) is 23.4 Å². The number of carboxylic acid groups (broad SMARTS) is 1. The number of hydrogen-bond donors (Lipinski definition) is 4. The predicted octanol–water partition coefficient (Wildman–Crippen LogP) is 8.91. The highest BCUT2D eigenvalue weighted by molar-refractivity contribution is 7.47. The van der Waals surface area contributed by atoms with Gasteiger partial charge in [-0.1, -0.05) is 131 Å². The number of unbranched alkanes of at least 4 members (excludes halogenated alkanes) is 7. The maximum atomic E-state index is 12.5. The molecule has 0 saturated heterocycles. The summed E-state index contributed by atoms with van der Waals surface area (Å²) in [6.07, 6.45) is 40.0. The van der Waals surface area contributed by atoms with Crippen LogP contribution in [0.4, 0.5) is 0 Å². The summed E-state index contributed by atoms with van der Waals surface area (Å²) in [5.41, 5.74) is 5.31. The molecule has 0 saturated carbocycles. The van der Waals surface area contributed by atoms with Crippen LogP contribution in [0.3, 0.4) is 0 Å². The number of esters is 2. The van der Waals surface area contributed by atoms with Gasteiger partial charge in [0.15, 0.2) is 6.10 Å². The molecule has 13 heteroatoms. The van der Waals surface area contributed by atoms with Crippen molar-refractivity contribution in [2.24, 2.45) is 5.73 Å². The summed E-state index contributed by atoms with van der Waals surface area (Å²) in [6.45, 7) is 2.42. The van der Waals surface area contributed by atoms with E-state index >= 15 is 0 Å². The van der Waals surface area contributed by atoms with Crippen LogP contribution >= 0.6 is 7.82 Å². The number of phosphoric ester groups is 1. The van der Waals surface area contributed by atoms with E-state index in [-0.39, 0.29) is 12.8 Å². The van der Waals surface area contributed by atoms with Crippen LogP contribution in [-0.2, 0) is 37.5 Å². The Morgan fingerprint density at radius 1 is 0.673 bits per heavy atom. The fourth-order valence-electron chi connectivity index (χ4n) is 4.57. The number of nitrogens with two attached hydrogens (primary N) is 1. The SMILES string of the molecule is CC/C=C\CC(O)/C=C/C=C/C/C=C\C/C=C\C/C=C\CCC(=O)O[C@H](COC(=O)CCCCCCC/C=C\CCCC)COP(=O)(O)OC[C@H](N)C(=O)O. The van der Waals surface area contributed by atoms with E-state index in [4.69, 9.17) is 24.8 Å². The molecule has 0 aliphatic heterocycles. The largest absolute Gasteiger partial charge is 0.480 e. The molecule has 0 fully saturated rings. The van der Waals surface area contributed by atoms with E-state index < -0.39 is 63.8 Å². The second-order valence-electron chi connectivity index (χ2n) is 12.9. The van der Waals surface area contributed by atoms with Gasteiger partial charge in [-0.25, -0.2) is 4.57 Å². The number of carbonyl (C=O) groups is 3. The van der Waals surface area contributed by atoms with Crippen LogP contribution in [0, 0.1) is 0 Å². The van der Waals surface area contributed by atoms with Crippen LogP contribution in [0.2, 0.25) is 0 Å². The molecule has 0 aromatic carbocycles. The third kappa shape index (κ3) is 36.0. The number of aliphatic hydroxyl groups is 1. The first kappa shape index (κ1) is 51.6. The Kier molecular flexibility index (Phi) is 34.0. The van der Waals surface area contributed by atoms with E-state index in [2.05, 4.69) is 42.7 Å². The van der Waals surface area contributed by atoms with Crippen molar-refractivity contribution in [1.29, 1.82) is 0 Å². The molecule has 0 bridgehead atoms. The monoisotopic (exact) mass is 793 g/mol. The second-order valence-corrected chi connectivity index (χ2v) is 14.3. The quantitative estimate of drug-likeness (QED) is 0.0157. The van der Waals surface area contributed by atoms with E-state index in [1.54, 1.807) is 6.08 Å². The number of aliphatic hydroxyl groups excluding tert-OH is 1. The summed E-state index contributed by atoms with van der Waals surface area (Å²) >= 11 is 0. The van der Waals surface area contributed by atoms with Gasteiger partial charge in [0.25, 0.3) is 0 Å². The molecule has 12 nitrogen and oxygen atoms in total. The van der Waals surface area contributed by atoms with E-state index in [0.29, 0.717) is 25.7 Å². The van der Waals surface area contributed by atoms with Gasteiger partial charge in [-0.15, -0.1) is 0 Å². The molecule has 5 N–H and O–H groups in total. The number of phosphoric acid groups is 1. The number of carbonyl (C=O) groups excluding carboxylic acids is 2. The molecule has 0 spiro atoms. The van der Waals surface area contributed by atoms with Gasteiger partial charge in [-0.05, 0) is 64.2 Å². The van der Waals surface area contributed by atoms with E-state index in [1.807, 2.05) is 54.7 Å². The summed E-state index contributed by atoms with van der Waals surface area (Å²) in [6, 6.07) is -1.54. The van der Waals surface area contributed by atoms with Gasteiger partial charge < -0.3 is 30.3 Å².